The van der Waals surface area contributed by atoms with Gasteiger partial charge in [-0.05, 0) is 37.1 Å². The van der Waals surface area contributed by atoms with E-state index in [1.165, 1.54) is 23.5 Å². The predicted molar refractivity (Wildman–Crippen MR) is 112 cm³/mol. The van der Waals surface area contributed by atoms with Crippen LogP contribution in [0.4, 0.5) is 0 Å². The SMILES string of the molecule is COc1ccc(/C=N/n2c(-c3ccc(O)cc3O)csc2=NC2CC2)c(OC)c1. The first kappa shape index (κ1) is 19.1. The van der Waals surface area contributed by atoms with E-state index in [2.05, 4.69) is 5.10 Å². The number of aromatic hydroxyl groups is 2. The number of benzene rings is 2. The van der Waals surface area contributed by atoms with Crippen LogP contribution in [0.3, 0.4) is 0 Å². The second-order valence-corrected chi connectivity index (χ2v) is 7.47. The fraction of sp³-hybridized carbons (Fsp3) is 0.238. The van der Waals surface area contributed by atoms with Crippen LogP contribution in [0.25, 0.3) is 11.3 Å². The molecule has 0 unspecified atom stereocenters. The van der Waals surface area contributed by atoms with Gasteiger partial charge in [0.25, 0.3) is 0 Å². The van der Waals surface area contributed by atoms with Crippen molar-refractivity contribution in [1.82, 2.24) is 4.68 Å². The number of aromatic nitrogens is 1. The van der Waals surface area contributed by atoms with Crippen LogP contribution < -0.4 is 14.3 Å². The second kappa shape index (κ2) is 8.00. The average molecular weight is 411 g/mol. The van der Waals surface area contributed by atoms with Gasteiger partial charge < -0.3 is 19.7 Å². The van der Waals surface area contributed by atoms with Crippen molar-refractivity contribution in [1.29, 1.82) is 0 Å². The molecule has 29 heavy (non-hydrogen) atoms. The third-order valence-corrected chi connectivity index (χ3v) is 5.37. The Bertz CT molecular complexity index is 1130. The summed E-state index contributed by atoms with van der Waals surface area (Å²) in [6.45, 7) is 0. The molecule has 1 aromatic heterocycles. The van der Waals surface area contributed by atoms with Crippen LogP contribution in [0.1, 0.15) is 18.4 Å². The van der Waals surface area contributed by atoms with E-state index in [9.17, 15) is 10.2 Å². The highest BCUT2D eigenvalue weighted by molar-refractivity contribution is 7.07. The highest BCUT2D eigenvalue weighted by Gasteiger charge is 2.21. The van der Waals surface area contributed by atoms with E-state index in [0.29, 0.717) is 28.8 Å². The maximum absolute atomic E-state index is 10.3. The number of ether oxygens (including phenoxy) is 2. The molecule has 0 amide bonds. The van der Waals surface area contributed by atoms with Gasteiger partial charge in [0, 0.05) is 28.6 Å². The van der Waals surface area contributed by atoms with Crippen LogP contribution in [0, 0.1) is 0 Å². The Morgan fingerprint density at radius 1 is 1.10 bits per heavy atom. The van der Waals surface area contributed by atoms with Crippen molar-refractivity contribution >= 4 is 17.6 Å². The van der Waals surface area contributed by atoms with Gasteiger partial charge in [0.15, 0.2) is 0 Å². The average Bonchev–Trinajstić information content (AvgIpc) is 3.46. The maximum Gasteiger partial charge on any atom is 0.206 e. The van der Waals surface area contributed by atoms with E-state index >= 15 is 0 Å². The van der Waals surface area contributed by atoms with Crippen LogP contribution in [0.5, 0.6) is 23.0 Å². The highest BCUT2D eigenvalue weighted by Crippen LogP contribution is 2.33. The quantitative estimate of drug-likeness (QED) is 0.607. The van der Waals surface area contributed by atoms with Crippen molar-refractivity contribution in [2.24, 2.45) is 10.1 Å². The maximum atomic E-state index is 10.3. The van der Waals surface area contributed by atoms with Gasteiger partial charge in [-0.2, -0.15) is 5.10 Å². The minimum Gasteiger partial charge on any atom is -0.508 e. The highest BCUT2D eigenvalue weighted by atomic mass is 32.1. The Labute approximate surface area is 171 Å². The van der Waals surface area contributed by atoms with Crippen molar-refractivity contribution in [2.75, 3.05) is 14.2 Å². The Balaban J connectivity index is 1.80. The van der Waals surface area contributed by atoms with Crippen LogP contribution >= 0.6 is 11.3 Å². The van der Waals surface area contributed by atoms with E-state index in [1.807, 2.05) is 17.5 Å². The summed E-state index contributed by atoms with van der Waals surface area (Å²) in [4.78, 5) is 5.48. The van der Waals surface area contributed by atoms with Gasteiger partial charge >= 0.3 is 0 Å². The molecule has 1 saturated carbocycles. The molecule has 2 N–H and O–H groups in total. The lowest BCUT2D eigenvalue weighted by molar-refractivity contribution is 0.394. The number of thiazole rings is 1. The number of phenols is 2. The zero-order valence-corrected chi connectivity index (χ0v) is 16.9. The minimum atomic E-state index is -0.0215. The molecule has 2 aromatic carbocycles. The molecule has 8 heteroatoms. The number of phenolic OH excluding ortho intramolecular Hbond substituents is 2. The van der Waals surface area contributed by atoms with Gasteiger partial charge in [0.05, 0.1) is 32.2 Å². The van der Waals surface area contributed by atoms with Crippen LogP contribution in [-0.4, -0.2) is 41.4 Å². The van der Waals surface area contributed by atoms with Gasteiger partial charge in [0.2, 0.25) is 4.80 Å². The predicted octanol–water partition coefficient (Wildman–Crippen LogP) is 3.59. The van der Waals surface area contributed by atoms with E-state index in [4.69, 9.17) is 14.5 Å². The fourth-order valence-electron chi connectivity index (χ4n) is 2.83. The Morgan fingerprint density at radius 3 is 2.62 bits per heavy atom. The summed E-state index contributed by atoms with van der Waals surface area (Å²) >= 11 is 1.46. The molecule has 0 aliphatic heterocycles. The fourth-order valence-corrected chi connectivity index (χ4v) is 3.73. The molecule has 0 radical (unpaired) electrons. The van der Waals surface area contributed by atoms with Gasteiger partial charge in [0.1, 0.15) is 23.0 Å². The molecule has 0 spiro atoms. The van der Waals surface area contributed by atoms with Crippen molar-refractivity contribution in [3.05, 3.63) is 52.1 Å². The molecule has 7 nitrogen and oxygen atoms in total. The summed E-state index contributed by atoms with van der Waals surface area (Å²) in [5.41, 5.74) is 2.04. The third kappa shape index (κ3) is 4.12. The first-order chi connectivity index (χ1) is 14.1. The molecule has 0 bridgehead atoms. The Kier molecular flexibility index (Phi) is 5.26. The lowest BCUT2D eigenvalue weighted by atomic mass is 10.1. The van der Waals surface area contributed by atoms with Gasteiger partial charge in [-0.3, -0.25) is 4.99 Å². The largest absolute Gasteiger partial charge is 0.508 e. The molecule has 3 aromatic rings. The van der Waals surface area contributed by atoms with Crippen molar-refractivity contribution < 1.29 is 19.7 Å². The molecule has 1 heterocycles. The Morgan fingerprint density at radius 2 is 1.93 bits per heavy atom. The third-order valence-electron chi connectivity index (χ3n) is 4.54. The zero-order valence-electron chi connectivity index (χ0n) is 16.1. The Hall–Kier alpha value is -3.26. The zero-order chi connectivity index (χ0) is 20.4. The lowest BCUT2D eigenvalue weighted by Gasteiger charge is -2.08. The standard InChI is InChI=1S/C21H21N3O4S/c1-27-16-7-3-13(20(10-16)28-2)11-22-24-18(12-29-21(24)23-14-4-5-14)17-8-6-15(25)9-19(17)26/h3,6-12,14,25-26H,4-5H2,1-2H3/b22-11+,23-21?. The minimum absolute atomic E-state index is 0.00221. The smallest absolute Gasteiger partial charge is 0.206 e. The molecule has 1 aliphatic carbocycles. The summed E-state index contributed by atoms with van der Waals surface area (Å²) in [6, 6.07) is 10.3. The molecule has 1 aliphatic rings. The number of methoxy groups -OCH3 is 2. The number of nitrogens with zero attached hydrogens (tertiary/aromatic N) is 3. The molecule has 150 valence electrons. The van der Waals surface area contributed by atoms with Crippen LogP contribution in [0.15, 0.2) is 51.9 Å². The van der Waals surface area contributed by atoms with Crippen LogP contribution in [-0.2, 0) is 0 Å². The van der Waals surface area contributed by atoms with Crippen molar-refractivity contribution in [2.45, 2.75) is 18.9 Å². The summed E-state index contributed by atoms with van der Waals surface area (Å²) in [7, 11) is 3.20. The first-order valence-electron chi connectivity index (χ1n) is 9.12. The molecule has 4 rings (SSSR count). The van der Waals surface area contributed by atoms with Crippen LogP contribution in [0.2, 0.25) is 0 Å². The normalized spacial score (nSPS) is 14.5. The molecular formula is C21H21N3O4S. The topological polar surface area (TPSA) is 88.6 Å². The van der Waals surface area contributed by atoms with E-state index in [0.717, 1.165) is 23.2 Å². The van der Waals surface area contributed by atoms with E-state index in [1.54, 1.807) is 37.2 Å². The molecule has 1 fully saturated rings. The van der Waals surface area contributed by atoms with Crippen molar-refractivity contribution in [3.63, 3.8) is 0 Å². The number of hydrogen-bond donors (Lipinski definition) is 2. The molecular weight excluding hydrogens is 390 g/mol. The summed E-state index contributed by atoms with van der Waals surface area (Å²) in [5, 5.41) is 26.4. The second-order valence-electron chi connectivity index (χ2n) is 6.63. The van der Waals surface area contributed by atoms with E-state index < -0.39 is 0 Å². The van der Waals surface area contributed by atoms with Gasteiger partial charge in [-0.25, -0.2) is 4.68 Å². The van der Waals surface area contributed by atoms with E-state index in [-0.39, 0.29) is 11.5 Å². The molecule has 0 atom stereocenters. The summed E-state index contributed by atoms with van der Waals surface area (Å²) in [5.74, 6) is 1.31. The monoisotopic (exact) mass is 411 g/mol. The number of hydrogen-bond acceptors (Lipinski definition) is 7. The lowest BCUT2D eigenvalue weighted by Crippen LogP contribution is -2.13. The van der Waals surface area contributed by atoms with Gasteiger partial charge in [-0.15, -0.1) is 11.3 Å². The summed E-state index contributed by atoms with van der Waals surface area (Å²) in [6.07, 6.45) is 3.85. The summed E-state index contributed by atoms with van der Waals surface area (Å²) < 4.78 is 12.4. The molecule has 0 saturated heterocycles. The first-order valence-corrected chi connectivity index (χ1v) is 10.00. The van der Waals surface area contributed by atoms with Gasteiger partial charge in [-0.1, -0.05) is 0 Å². The van der Waals surface area contributed by atoms with Crippen molar-refractivity contribution in [3.8, 4) is 34.3 Å². The number of rotatable bonds is 6.